The summed E-state index contributed by atoms with van der Waals surface area (Å²) in [6, 6.07) is 15.9. The largest absolute Gasteiger partial charge is 0.422 e. The third kappa shape index (κ3) is 4.46. The number of thiophene rings is 1. The summed E-state index contributed by atoms with van der Waals surface area (Å²) >= 11 is 1.45. The number of para-hydroxylation sites is 1. The molecule has 2 heterocycles. The molecule has 36 heavy (non-hydrogen) atoms. The molecule has 0 radical (unpaired) electrons. The lowest BCUT2D eigenvalue weighted by atomic mass is 9.72. The van der Waals surface area contributed by atoms with Gasteiger partial charge in [-0.15, -0.1) is 11.3 Å². The van der Waals surface area contributed by atoms with Gasteiger partial charge in [0.15, 0.2) is 0 Å². The molecule has 0 saturated carbocycles. The summed E-state index contributed by atoms with van der Waals surface area (Å²) in [6.45, 7) is 6.71. The molecule has 0 spiro atoms. The van der Waals surface area contributed by atoms with Gasteiger partial charge >= 0.3 is 5.63 Å². The molecule has 0 bridgehead atoms. The molecule has 1 aliphatic rings. The van der Waals surface area contributed by atoms with Crippen molar-refractivity contribution in [3.8, 4) is 11.1 Å². The smallest absolute Gasteiger partial charge is 0.344 e. The van der Waals surface area contributed by atoms with Crippen molar-refractivity contribution >= 4 is 39.1 Å². The van der Waals surface area contributed by atoms with Crippen LogP contribution in [0.1, 0.15) is 58.3 Å². The van der Waals surface area contributed by atoms with Crippen LogP contribution < -0.4 is 16.7 Å². The minimum atomic E-state index is -0.518. The highest BCUT2D eigenvalue weighted by atomic mass is 32.1. The molecule has 0 unspecified atom stereocenters. The van der Waals surface area contributed by atoms with E-state index in [1.54, 1.807) is 36.4 Å². The van der Waals surface area contributed by atoms with E-state index in [2.05, 4.69) is 26.1 Å². The molecule has 5 rings (SSSR count). The number of fused-ring (bicyclic) bond motifs is 2. The number of hydrogen-bond donors (Lipinski definition) is 2. The Morgan fingerprint density at radius 2 is 1.81 bits per heavy atom. The molecule has 7 heteroatoms. The Labute approximate surface area is 213 Å². The Morgan fingerprint density at radius 3 is 2.50 bits per heavy atom. The highest BCUT2D eigenvalue weighted by Crippen LogP contribution is 2.44. The molecular formula is C29H28N2O4S. The zero-order chi connectivity index (χ0) is 25.6. The first-order valence-corrected chi connectivity index (χ1v) is 12.8. The highest BCUT2D eigenvalue weighted by Gasteiger charge is 2.33. The van der Waals surface area contributed by atoms with E-state index in [0.717, 1.165) is 35.1 Å². The summed E-state index contributed by atoms with van der Waals surface area (Å²) in [5, 5.41) is 4.24. The van der Waals surface area contributed by atoms with E-state index in [1.165, 1.54) is 11.3 Å². The van der Waals surface area contributed by atoms with E-state index in [4.69, 9.17) is 10.2 Å². The van der Waals surface area contributed by atoms with Crippen molar-refractivity contribution < 1.29 is 14.0 Å². The molecule has 4 aromatic rings. The van der Waals surface area contributed by atoms with Crippen LogP contribution in [0.5, 0.6) is 0 Å². The van der Waals surface area contributed by atoms with Gasteiger partial charge in [0.1, 0.15) is 10.6 Å². The van der Waals surface area contributed by atoms with E-state index < -0.39 is 11.5 Å². The fourth-order valence-corrected chi connectivity index (χ4v) is 6.24. The number of carbonyl (C=O) groups is 2. The van der Waals surface area contributed by atoms with Gasteiger partial charge in [-0.3, -0.25) is 9.59 Å². The van der Waals surface area contributed by atoms with E-state index in [1.807, 2.05) is 18.2 Å². The number of primary amides is 1. The Balaban J connectivity index is 1.40. The van der Waals surface area contributed by atoms with Crippen LogP contribution in [0.15, 0.2) is 63.8 Å². The Hall–Kier alpha value is -3.71. The fraction of sp³-hybridized carbons (Fsp3) is 0.276. The van der Waals surface area contributed by atoms with Crippen molar-refractivity contribution in [2.45, 2.75) is 40.0 Å². The van der Waals surface area contributed by atoms with Crippen LogP contribution in [0.4, 0.5) is 5.00 Å². The predicted octanol–water partition coefficient (Wildman–Crippen LogP) is 6.02. The molecule has 2 aromatic heterocycles. The van der Waals surface area contributed by atoms with Crippen LogP contribution >= 0.6 is 11.3 Å². The average Bonchev–Trinajstić information content (AvgIpc) is 3.20. The summed E-state index contributed by atoms with van der Waals surface area (Å²) in [5.41, 5.74) is 8.90. The fourth-order valence-electron chi connectivity index (χ4n) is 4.91. The maximum atomic E-state index is 13.1. The highest BCUT2D eigenvalue weighted by molar-refractivity contribution is 7.17. The van der Waals surface area contributed by atoms with Gasteiger partial charge in [-0.25, -0.2) is 4.79 Å². The van der Waals surface area contributed by atoms with Gasteiger partial charge in [0, 0.05) is 15.8 Å². The number of nitrogens with two attached hydrogens (primary N) is 1. The molecule has 2 amide bonds. The maximum absolute atomic E-state index is 13.1. The minimum absolute atomic E-state index is 0.169. The molecule has 3 N–H and O–H groups in total. The normalized spacial score (nSPS) is 15.5. The molecule has 6 nitrogen and oxygen atoms in total. The first-order chi connectivity index (χ1) is 17.1. The summed E-state index contributed by atoms with van der Waals surface area (Å²) in [5.74, 6) is -0.343. The summed E-state index contributed by atoms with van der Waals surface area (Å²) in [6.07, 6.45) is 2.65. The van der Waals surface area contributed by atoms with Gasteiger partial charge in [0.25, 0.3) is 11.8 Å². The number of benzene rings is 2. The van der Waals surface area contributed by atoms with Gasteiger partial charge in [-0.05, 0) is 66.0 Å². The van der Waals surface area contributed by atoms with Crippen molar-refractivity contribution in [2.75, 3.05) is 5.32 Å². The van der Waals surface area contributed by atoms with Crippen LogP contribution in [-0.2, 0) is 12.8 Å². The predicted molar refractivity (Wildman–Crippen MR) is 144 cm³/mol. The van der Waals surface area contributed by atoms with Crippen LogP contribution in [0.2, 0.25) is 0 Å². The second kappa shape index (κ2) is 9.06. The minimum Gasteiger partial charge on any atom is -0.422 e. The second-order valence-electron chi connectivity index (χ2n) is 10.4. The molecular weight excluding hydrogens is 472 g/mol. The Bertz CT molecular complexity index is 1540. The van der Waals surface area contributed by atoms with Gasteiger partial charge in [-0.1, -0.05) is 51.1 Å². The standard InChI is InChI=1S/C29H28N2O4S/c1-29(2,3)19-12-13-20-23(15-19)36-27(24(20)25(30)32)31-26(33)17-10-8-16(9-11-17)21-14-18-6-4-5-7-22(18)35-28(21)34/h4-11,14,19H,12-13,15H2,1-3H3,(H2,30,32)(H,31,33)/t19-/m1/s1. The number of nitrogens with one attached hydrogen (secondary N) is 1. The average molecular weight is 501 g/mol. The number of hydrogen-bond acceptors (Lipinski definition) is 5. The number of amides is 2. The zero-order valence-electron chi connectivity index (χ0n) is 20.5. The second-order valence-corrected chi connectivity index (χ2v) is 11.5. The Kier molecular flexibility index (Phi) is 6.04. The maximum Gasteiger partial charge on any atom is 0.344 e. The summed E-state index contributed by atoms with van der Waals surface area (Å²) in [4.78, 5) is 39.0. The number of rotatable bonds is 4. The third-order valence-electron chi connectivity index (χ3n) is 7.06. The first kappa shape index (κ1) is 24.0. The first-order valence-electron chi connectivity index (χ1n) is 12.0. The van der Waals surface area contributed by atoms with Crippen LogP contribution in [0.3, 0.4) is 0 Å². The van der Waals surface area contributed by atoms with Crippen LogP contribution in [0.25, 0.3) is 22.1 Å². The van der Waals surface area contributed by atoms with E-state index >= 15 is 0 Å². The van der Waals surface area contributed by atoms with Crippen molar-refractivity contribution in [1.82, 2.24) is 0 Å². The zero-order valence-corrected chi connectivity index (χ0v) is 21.3. The summed E-state index contributed by atoms with van der Waals surface area (Å²) < 4.78 is 5.43. The Morgan fingerprint density at radius 1 is 1.08 bits per heavy atom. The van der Waals surface area contributed by atoms with Crippen molar-refractivity contribution in [3.05, 3.63) is 86.6 Å². The lowest BCUT2D eigenvalue weighted by Gasteiger charge is -2.33. The number of anilines is 1. The SMILES string of the molecule is CC(C)(C)[C@@H]1CCc2c(sc(NC(=O)c3ccc(-c4cc5ccccc5oc4=O)cc3)c2C(N)=O)C1. The van der Waals surface area contributed by atoms with Gasteiger partial charge in [0.05, 0.1) is 11.1 Å². The molecule has 2 aromatic carbocycles. The summed E-state index contributed by atoms with van der Waals surface area (Å²) in [7, 11) is 0. The van der Waals surface area contributed by atoms with Crippen molar-refractivity contribution in [2.24, 2.45) is 17.1 Å². The van der Waals surface area contributed by atoms with Crippen molar-refractivity contribution in [3.63, 3.8) is 0 Å². The topological polar surface area (TPSA) is 102 Å². The molecule has 1 atom stereocenters. The van der Waals surface area contributed by atoms with Gasteiger partial charge < -0.3 is 15.5 Å². The van der Waals surface area contributed by atoms with Gasteiger partial charge in [0.2, 0.25) is 0 Å². The van der Waals surface area contributed by atoms with Crippen molar-refractivity contribution in [1.29, 1.82) is 0 Å². The molecule has 184 valence electrons. The molecule has 0 saturated heterocycles. The molecule has 0 aliphatic heterocycles. The van der Waals surface area contributed by atoms with Crippen LogP contribution in [-0.4, -0.2) is 11.8 Å². The molecule has 0 fully saturated rings. The quantitative estimate of drug-likeness (QED) is 0.334. The lowest BCUT2D eigenvalue weighted by molar-refractivity contribution is 0.1000. The van der Waals surface area contributed by atoms with E-state index in [-0.39, 0.29) is 11.3 Å². The molecule has 1 aliphatic carbocycles. The third-order valence-corrected chi connectivity index (χ3v) is 8.23. The lowest BCUT2D eigenvalue weighted by Crippen LogP contribution is -2.27. The number of carbonyl (C=O) groups excluding carboxylic acids is 2. The van der Waals surface area contributed by atoms with E-state index in [9.17, 15) is 14.4 Å². The monoisotopic (exact) mass is 500 g/mol. The van der Waals surface area contributed by atoms with E-state index in [0.29, 0.717) is 38.8 Å². The van der Waals surface area contributed by atoms with Gasteiger partial charge in [-0.2, -0.15) is 0 Å². The van der Waals surface area contributed by atoms with Crippen LogP contribution in [0, 0.1) is 11.3 Å².